The molecule has 10 heavy (non-hydrogen) atoms. The van der Waals surface area contributed by atoms with Crippen LogP contribution < -0.4 is 0 Å². The van der Waals surface area contributed by atoms with Crippen molar-refractivity contribution in [1.82, 2.24) is 9.97 Å². The molecule has 1 aromatic rings. The van der Waals surface area contributed by atoms with E-state index in [1.807, 2.05) is 0 Å². The maximum Gasteiger partial charge on any atom is 0.178 e. The van der Waals surface area contributed by atoms with Gasteiger partial charge in [0.25, 0.3) is 0 Å². The highest BCUT2D eigenvalue weighted by Gasteiger charge is 2.03. The van der Waals surface area contributed by atoms with E-state index < -0.39 is 0 Å². The first-order valence-electron chi connectivity index (χ1n) is 2.81. The number of aliphatic imine (C=N–C) groups is 1. The molecule has 1 rings (SSSR count). The summed E-state index contributed by atoms with van der Waals surface area (Å²) in [5.74, 6) is 0.493. The summed E-state index contributed by atoms with van der Waals surface area (Å²) >= 11 is 0. The van der Waals surface area contributed by atoms with E-state index >= 15 is 0 Å². The monoisotopic (exact) mass is 136 g/mol. The molecule has 0 radical (unpaired) electrons. The number of hydrogen-bond donors (Lipinski definition) is 2. The van der Waals surface area contributed by atoms with Crippen molar-refractivity contribution in [3.63, 3.8) is 0 Å². The maximum absolute atomic E-state index is 7.24. The zero-order chi connectivity index (χ0) is 7.56. The Morgan fingerprint density at radius 3 is 3.00 bits per heavy atom. The van der Waals surface area contributed by atoms with Crippen molar-refractivity contribution in [3.8, 4) is 0 Å². The average molecular weight is 136 g/mol. The van der Waals surface area contributed by atoms with Crippen LogP contribution in [0.1, 0.15) is 12.6 Å². The Morgan fingerprint density at radius 1 is 1.90 bits per heavy atom. The standard InChI is InChI=1S/C6H8N4/c1-4(7)5-6(8-2)10-3-9-5/h3,7H,2H2,1H3,(H,9,10). The largest absolute Gasteiger partial charge is 0.342 e. The number of aromatic nitrogens is 2. The summed E-state index contributed by atoms with van der Waals surface area (Å²) in [6.07, 6.45) is 1.50. The van der Waals surface area contributed by atoms with Gasteiger partial charge in [0.2, 0.25) is 0 Å². The molecule has 0 aliphatic carbocycles. The van der Waals surface area contributed by atoms with E-state index in [0.717, 1.165) is 0 Å². The lowest BCUT2D eigenvalue weighted by atomic mass is 10.3. The first kappa shape index (κ1) is 6.67. The predicted octanol–water partition coefficient (Wildman–Crippen LogP) is 1.13. The summed E-state index contributed by atoms with van der Waals surface area (Å²) < 4.78 is 0. The lowest BCUT2D eigenvalue weighted by Gasteiger charge is -1.91. The molecule has 1 aromatic heterocycles. The van der Waals surface area contributed by atoms with Gasteiger partial charge in [0.15, 0.2) is 5.82 Å². The quantitative estimate of drug-likeness (QED) is 0.588. The van der Waals surface area contributed by atoms with Crippen molar-refractivity contribution < 1.29 is 0 Å². The summed E-state index contributed by atoms with van der Waals surface area (Å²) in [4.78, 5) is 10.2. The summed E-state index contributed by atoms with van der Waals surface area (Å²) in [5.41, 5.74) is 1.05. The number of imidazole rings is 1. The molecular weight excluding hydrogens is 128 g/mol. The highest BCUT2D eigenvalue weighted by molar-refractivity contribution is 5.98. The van der Waals surface area contributed by atoms with Gasteiger partial charge < -0.3 is 10.4 Å². The van der Waals surface area contributed by atoms with Gasteiger partial charge in [-0.3, -0.25) is 0 Å². The number of hydrogen-bond acceptors (Lipinski definition) is 3. The van der Waals surface area contributed by atoms with Crippen molar-refractivity contribution in [2.45, 2.75) is 6.92 Å². The van der Waals surface area contributed by atoms with E-state index in [0.29, 0.717) is 17.2 Å². The van der Waals surface area contributed by atoms with Gasteiger partial charge >= 0.3 is 0 Å². The number of nitrogens with one attached hydrogen (secondary N) is 2. The van der Waals surface area contributed by atoms with Crippen molar-refractivity contribution in [2.24, 2.45) is 4.99 Å². The molecule has 0 saturated carbocycles. The Balaban J connectivity index is 3.13. The normalized spacial score (nSPS) is 9.30. The number of aromatic amines is 1. The van der Waals surface area contributed by atoms with E-state index in [-0.39, 0.29) is 0 Å². The van der Waals surface area contributed by atoms with Crippen LogP contribution in [0.25, 0.3) is 0 Å². The second-order valence-corrected chi connectivity index (χ2v) is 1.88. The Hall–Kier alpha value is -1.45. The Bertz CT molecular complexity index is 260. The second-order valence-electron chi connectivity index (χ2n) is 1.88. The third-order valence-electron chi connectivity index (χ3n) is 1.14. The minimum absolute atomic E-state index is 0.417. The van der Waals surface area contributed by atoms with E-state index in [4.69, 9.17) is 5.41 Å². The van der Waals surface area contributed by atoms with Gasteiger partial charge in [-0.25, -0.2) is 9.98 Å². The van der Waals surface area contributed by atoms with Crippen LogP contribution in [0.4, 0.5) is 5.82 Å². The molecule has 0 aliphatic rings. The molecule has 0 spiro atoms. The molecule has 0 atom stereocenters. The minimum atomic E-state index is 0.417. The molecule has 0 saturated heterocycles. The van der Waals surface area contributed by atoms with Crippen LogP contribution in [0.15, 0.2) is 11.3 Å². The summed E-state index contributed by atoms with van der Waals surface area (Å²) in [5, 5.41) is 7.24. The topological polar surface area (TPSA) is 64.9 Å². The maximum atomic E-state index is 7.24. The molecule has 2 N–H and O–H groups in total. The van der Waals surface area contributed by atoms with Gasteiger partial charge in [0.05, 0.1) is 12.0 Å². The van der Waals surface area contributed by atoms with Gasteiger partial charge in [0.1, 0.15) is 5.69 Å². The predicted molar refractivity (Wildman–Crippen MR) is 40.3 cm³/mol. The Kier molecular flexibility index (Phi) is 1.62. The average Bonchev–Trinajstić information content (AvgIpc) is 2.33. The van der Waals surface area contributed by atoms with Gasteiger partial charge in [-0.1, -0.05) is 0 Å². The van der Waals surface area contributed by atoms with Crippen LogP contribution in [-0.4, -0.2) is 22.4 Å². The third kappa shape index (κ3) is 0.953. The van der Waals surface area contributed by atoms with Crippen molar-refractivity contribution >= 4 is 18.2 Å². The van der Waals surface area contributed by atoms with E-state index in [1.165, 1.54) is 6.33 Å². The van der Waals surface area contributed by atoms with Crippen molar-refractivity contribution in [3.05, 3.63) is 12.0 Å². The summed E-state index contributed by atoms with van der Waals surface area (Å²) in [6.45, 7) is 4.99. The second kappa shape index (κ2) is 2.43. The Labute approximate surface area is 58.5 Å². The van der Waals surface area contributed by atoms with Crippen LogP contribution in [-0.2, 0) is 0 Å². The Morgan fingerprint density at radius 2 is 2.60 bits per heavy atom. The highest BCUT2D eigenvalue weighted by Crippen LogP contribution is 2.11. The smallest absolute Gasteiger partial charge is 0.178 e. The molecule has 0 aromatic carbocycles. The van der Waals surface area contributed by atoms with Gasteiger partial charge in [0, 0.05) is 0 Å². The molecule has 0 amide bonds. The fourth-order valence-corrected chi connectivity index (χ4v) is 0.683. The lowest BCUT2D eigenvalue weighted by Crippen LogP contribution is -1.91. The van der Waals surface area contributed by atoms with Crippen molar-refractivity contribution in [1.29, 1.82) is 5.41 Å². The molecule has 0 aliphatic heterocycles. The molecule has 0 bridgehead atoms. The zero-order valence-corrected chi connectivity index (χ0v) is 5.68. The molecule has 4 nitrogen and oxygen atoms in total. The zero-order valence-electron chi connectivity index (χ0n) is 5.68. The molecule has 4 heteroatoms. The highest BCUT2D eigenvalue weighted by atomic mass is 15.0. The third-order valence-corrected chi connectivity index (χ3v) is 1.14. The van der Waals surface area contributed by atoms with Crippen LogP contribution in [0.5, 0.6) is 0 Å². The molecule has 1 heterocycles. The first-order valence-corrected chi connectivity index (χ1v) is 2.81. The van der Waals surface area contributed by atoms with Crippen molar-refractivity contribution in [2.75, 3.05) is 0 Å². The number of nitrogens with zero attached hydrogens (tertiary/aromatic N) is 2. The van der Waals surface area contributed by atoms with E-state index in [9.17, 15) is 0 Å². The molecule has 0 unspecified atom stereocenters. The van der Waals surface area contributed by atoms with Crippen LogP contribution in [0.2, 0.25) is 0 Å². The van der Waals surface area contributed by atoms with Crippen LogP contribution in [0, 0.1) is 5.41 Å². The minimum Gasteiger partial charge on any atom is -0.342 e. The molecule has 0 fully saturated rings. The van der Waals surface area contributed by atoms with E-state index in [2.05, 4.69) is 21.7 Å². The SMILES string of the molecule is C=Nc1nc[nH]c1C(C)=N. The first-order chi connectivity index (χ1) is 4.75. The van der Waals surface area contributed by atoms with E-state index in [1.54, 1.807) is 6.92 Å². The van der Waals surface area contributed by atoms with Crippen LogP contribution in [0.3, 0.4) is 0 Å². The van der Waals surface area contributed by atoms with Crippen LogP contribution >= 0.6 is 0 Å². The fraction of sp³-hybridized carbons (Fsp3) is 0.167. The number of rotatable bonds is 2. The fourth-order valence-electron chi connectivity index (χ4n) is 0.683. The van der Waals surface area contributed by atoms with Gasteiger partial charge in [-0.15, -0.1) is 0 Å². The molecule has 52 valence electrons. The van der Waals surface area contributed by atoms with Gasteiger partial charge in [-0.05, 0) is 13.6 Å². The van der Waals surface area contributed by atoms with Gasteiger partial charge in [-0.2, -0.15) is 0 Å². The molecular formula is C6H8N4. The lowest BCUT2D eigenvalue weighted by molar-refractivity contribution is 1.29. The summed E-state index contributed by atoms with van der Waals surface area (Å²) in [6, 6.07) is 0. The number of H-pyrrole nitrogens is 1. The summed E-state index contributed by atoms with van der Waals surface area (Å²) in [7, 11) is 0.